The Hall–Kier alpha value is -2.37. The number of hydrogen-bond donors (Lipinski definition) is 1. The summed E-state index contributed by atoms with van der Waals surface area (Å²) in [6.07, 6.45) is 4.45. The van der Waals surface area contributed by atoms with Crippen molar-refractivity contribution in [2.75, 3.05) is 32.5 Å². The predicted molar refractivity (Wildman–Crippen MR) is 122 cm³/mol. The van der Waals surface area contributed by atoms with Gasteiger partial charge in [0.05, 0.1) is 23.8 Å². The van der Waals surface area contributed by atoms with Gasteiger partial charge in [-0.15, -0.1) is 0 Å². The van der Waals surface area contributed by atoms with E-state index in [0.29, 0.717) is 29.2 Å². The summed E-state index contributed by atoms with van der Waals surface area (Å²) in [5.74, 6) is 0.296. The summed E-state index contributed by atoms with van der Waals surface area (Å²) in [5.41, 5.74) is 1.97. The fourth-order valence-corrected chi connectivity index (χ4v) is 4.28. The number of amides is 2. The fourth-order valence-electron chi connectivity index (χ4n) is 4.09. The van der Waals surface area contributed by atoms with Crippen molar-refractivity contribution in [1.82, 2.24) is 9.80 Å². The summed E-state index contributed by atoms with van der Waals surface area (Å²) in [6, 6.07) is 18.1. The van der Waals surface area contributed by atoms with Gasteiger partial charge < -0.3 is 10.2 Å². The highest BCUT2D eigenvalue weighted by Crippen LogP contribution is 2.34. The number of likely N-dealkylation sites (N-methyl/N-ethyl adjacent to an activating group) is 2. The Labute approximate surface area is 184 Å². The zero-order chi connectivity index (χ0) is 21.5. The summed E-state index contributed by atoms with van der Waals surface area (Å²) >= 11 is 6.07. The quantitative estimate of drug-likeness (QED) is 0.712. The topological polar surface area (TPSA) is 52.7 Å². The second kappa shape index (κ2) is 10.6. The summed E-state index contributed by atoms with van der Waals surface area (Å²) in [6.45, 7) is 0.315. The average Bonchev–Trinajstić information content (AvgIpc) is 2.76. The lowest BCUT2D eigenvalue weighted by Gasteiger charge is -2.35. The highest BCUT2D eigenvalue weighted by molar-refractivity contribution is 6.33. The third-order valence-electron chi connectivity index (χ3n) is 5.93. The Bertz CT molecular complexity index is 851. The number of hydrogen-bond acceptors (Lipinski definition) is 3. The van der Waals surface area contributed by atoms with E-state index in [9.17, 15) is 9.59 Å². The first-order valence-electron chi connectivity index (χ1n) is 10.5. The second-order valence-electron chi connectivity index (χ2n) is 8.11. The maximum atomic E-state index is 12.6. The van der Waals surface area contributed by atoms with Gasteiger partial charge in [0.1, 0.15) is 0 Å². The third kappa shape index (κ3) is 6.07. The molecule has 0 spiro atoms. The number of para-hydroxylation sites is 1. The van der Waals surface area contributed by atoms with Crippen molar-refractivity contribution in [2.24, 2.45) is 0 Å². The maximum absolute atomic E-state index is 12.6. The van der Waals surface area contributed by atoms with E-state index in [1.807, 2.05) is 7.05 Å². The lowest BCUT2D eigenvalue weighted by Crippen LogP contribution is -2.44. The molecule has 30 heavy (non-hydrogen) atoms. The molecule has 5 nitrogen and oxygen atoms in total. The van der Waals surface area contributed by atoms with Crippen LogP contribution < -0.4 is 5.32 Å². The minimum Gasteiger partial charge on any atom is -0.335 e. The van der Waals surface area contributed by atoms with E-state index in [2.05, 4.69) is 40.5 Å². The first kappa shape index (κ1) is 22.3. The molecular weight excluding hydrogens is 398 g/mol. The SMILES string of the molecule is CN(CC(=O)Nc1ccccc1Cl)C(=O)CN(C)C1CCC(c2ccccc2)CC1. The van der Waals surface area contributed by atoms with Crippen molar-refractivity contribution in [3.8, 4) is 0 Å². The number of nitrogens with one attached hydrogen (secondary N) is 1. The summed E-state index contributed by atoms with van der Waals surface area (Å²) in [7, 11) is 3.66. The normalized spacial score (nSPS) is 18.8. The standard InChI is InChI=1S/C24H30ClN3O2/c1-27(20-14-12-19(13-15-20)18-8-4-3-5-9-18)17-24(30)28(2)16-23(29)26-22-11-7-6-10-21(22)25/h3-11,19-20H,12-17H2,1-2H3,(H,26,29). The van der Waals surface area contributed by atoms with Crippen LogP contribution in [0.1, 0.15) is 37.2 Å². The molecule has 0 aromatic heterocycles. The zero-order valence-electron chi connectivity index (χ0n) is 17.7. The highest BCUT2D eigenvalue weighted by Gasteiger charge is 2.26. The Kier molecular flexibility index (Phi) is 7.88. The van der Waals surface area contributed by atoms with E-state index < -0.39 is 0 Å². The predicted octanol–water partition coefficient (Wildman–Crippen LogP) is 4.40. The van der Waals surface area contributed by atoms with Crippen molar-refractivity contribution in [3.05, 3.63) is 65.2 Å². The van der Waals surface area contributed by atoms with Crippen LogP contribution in [-0.4, -0.2) is 54.8 Å². The van der Waals surface area contributed by atoms with E-state index >= 15 is 0 Å². The van der Waals surface area contributed by atoms with Gasteiger partial charge in [0.2, 0.25) is 11.8 Å². The van der Waals surface area contributed by atoms with Gasteiger partial charge >= 0.3 is 0 Å². The molecule has 2 aromatic rings. The fraction of sp³-hybridized carbons (Fsp3) is 0.417. The van der Waals surface area contributed by atoms with Gasteiger partial charge in [0.15, 0.2) is 0 Å². The van der Waals surface area contributed by atoms with Gasteiger partial charge in [-0.1, -0.05) is 54.1 Å². The van der Waals surface area contributed by atoms with E-state index in [1.54, 1.807) is 31.3 Å². The van der Waals surface area contributed by atoms with Crippen molar-refractivity contribution in [3.63, 3.8) is 0 Å². The molecule has 1 saturated carbocycles. The van der Waals surface area contributed by atoms with Crippen LogP contribution in [0.3, 0.4) is 0 Å². The van der Waals surface area contributed by atoms with Crippen molar-refractivity contribution >= 4 is 29.1 Å². The molecule has 0 bridgehead atoms. The van der Waals surface area contributed by atoms with E-state index in [4.69, 9.17) is 11.6 Å². The number of anilines is 1. The number of benzene rings is 2. The van der Waals surface area contributed by atoms with E-state index in [0.717, 1.165) is 25.7 Å². The molecule has 3 rings (SSSR count). The lowest BCUT2D eigenvalue weighted by molar-refractivity contribution is -0.134. The summed E-state index contributed by atoms with van der Waals surface area (Å²) in [5, 5.41) is 3.23. The molecule has 1 aliphatic carbocycles. The Balaban J connectivity index is 1.43. The molecule has 1 N–H and O–H groups in total. The molecule has 6 heteroatoms. The van der Waals surface area contributed by atoms with Gasteiger partial charge in [0.25, 0.3) is 0 Å². The van der Waals surface area contributed by atoms with Gasteiger partial charge in [-0.25, -0.2) is 0 Å². The number of nitrogens with zero attached hydrogens (tertiary/aromatic N) is 2. The number of halogens is 1. The molecule has 1 aliphatic rings. The van der Waals surface area contributed by atoms with E-state index in [1.165, 1.54) is 10.5 Å². The molecule has 0 aliphatic heterocycles. The first-order chi connectivity index (χ1) is 14.4. The second-order valence-corrected chi connectivity index (χ2v) is 8.52. The summed E-state index contributed by atoms with van der Waals surface area (Å²) in [4.78, 5) is 28.5. The van der Waals surface area contributed by atoms with Gasteiger partial charge in [-0.05, 0) is 56.3 Å². The van der Waals surface area contributed by atoms with Gasteiger partial charge in [0, 0.05) is 13.1 Å². The molecule has 1 fully saturated rings. The minimum absolute atomic E-state index is 0.00134. The molecular formula is C24H30ClN3O2. The van der Waals surface area contributed by atoms with Gasteiger partial charge in [-0.2, -0.15) is 0 Å². The van der Waals surface area contributed by atoms with E-state index in [-0.39, 0.29) is 18.4 Å². The third-order valence-corrected chi connectivity index (χ3v) is 6.26. The van der Waals surface area contributed by atoms with Crippen LogP contribution in [0.15, 0.2) is 54.6 Å². The van der Waals surface area contributed by atoms with Crippen molar-refractivity contribution in [1.29, 1.82) is 0 Å². The van der Waals surface area contributed by atoms with Gasteiger partial charge in [-0.3, -0.25) is 14.5 Å². The van der Waals surface area contributed by atoms with Crippen LogP contribution in [0, 0.1) is 0 Å². The van der Waals surface area contributed by atoms with Crippen molar-refractivity contribution in [2.45, 2.75) is 37.6 Å². The maximum Gasteiger partial charge on any atom is 0.244 e. The van der Waals surface area contributed by atoms with Crippen LogP contribution in [0.25, 0.3) is 0 Å². The number of carbonyl (C=O) groups is 2. The first-order valence-corrected chi connectivity index (χ1v) is 10.9. The van der Waals surface area contributed by atoms with Crippen LogP contribution in [0.2, 0.25) is 5.02 Å². The Morgan fingerprint density at radius 3 is 2.23 bits per heavy atom. The molecule has 160 valence electrons. The molecule has 2 amide bonds. The molecule has 0 radical (unpaired) electrons. The highest BCUT2D eigenvalue weighted by atomic mass is 35.5. The number of carbonyl (C=O) groups excluding carboxylic acids is 2. The lowest BCUT2D eigenvalue weighted by atomic mass is 9.81. The largest absolute Gasteiger partial charge is 0.335 e. The molecule has 0 heterocycles. The average molecular weight is 428 g/mol. The van der Waals surface area contributed by atoms with Crippen LogP contribution >= 0.6 is 11.6 Å². The number of rotatable bonds is 7. The Morgan fingerprint density at radius 1 is 0.933 bits per heavy atom. The monoisotopic (exact) mass is 427 g/mol. The molecule has 2 aromatic carbocycles. The smallest absolute Gasteiger partial charge is 0.244 e. The molecule has 0 saturated heterocycles. The van der Waals surface area contributed by atoms with Crippen molar-refractivity contribution < 1.29 is 9.59 Å². The molecule has 0 atom stereocenters. The molecule has 0 unspecified atom stereocenters. The summed E-state index contributed by atoms with van der Waals surface area (Å²) < 4.78 is 0. The van der Waals surface area contributed by atoms with Crippen LogP contribution in [0.4, 0.5) is 5.69 Å². The van der Waals surface area contributed by atoms with Crippen LogP contribution in [-0.2, 0) is 9.59 Å². The zero-order valence-corrected chi connectivity index (χ0v) is 18.4. The minimum atomic E-state index is -0.259. The Morgan fingerprint density at radius 2 is 1.57 bits per heavy atom. The van der Waals surface area contributed by atoms with Crippen LogP contribution in [0.5, 0.6) is 0 Å².